The van der Waals surface area contributed by atoms with E-state index in [1.54, 1.807) is 18.2 Å². The summed E-state index contributed by atoms with van der Waals surface area (Å²) in [5, 5.41) is 0. The van der Waals surface area contributed by atoms with Crippen LogP contribution in [-0.4, -0.2) is 40.7 Å². The van der Waals surface area contributed by atoms with Crippen molar-refractivity contribution >= 4 is 27.8 Å². The van der Waals surface area contributed by atoms with Crippen LogP contribution in [0.3, 0.4) is 0 Å². The largest absolute Gasteiger partial charge is 0.454 e. The molecule has 2 aliphatic rings. The van der Waals surface area contributed by atoms with E-state index in [0.717, 1.165) is 28.7 Å². The third-order valence-electron chi connectivity index (χ3n) is 5.93. The Balaban J connectivity index is 1.25. The van der Waals surface area contributed by atoms with E-state index in [1.165, 1.54) is 5.56 Å². The molecule has 2 N–H and O–H groups in total. The van der Waals surface area contributed by atoms with Crippen molar-refractivity contribution in [1.82, 2.24) is 14.9 Å². The van der Waals surface area contributed by atoms with Gasteiger partial charge in [-0.25, -0.2) is 9.97 Å². The van der Waals surface area contributed by atoms with Crippen molar-refractivity contribution in [3.63, 3.8) is 0 Å². The number of benzene rings is 2. The first-order valence-corrected chi connectivity index (χ1v) is 11.4. The Kier molecular flexibility index (Phi) is 5.70. The first-order chi connectivity index (χ1) is 15.5. The summed E-state index contributed by atoms with van der Waals surface area (Å²) in [5.41, 5.74) is 9.68. The molecule has 0 bridgehead atoms. The van der Waals surface area contributed by atoms with Gasteiger partial charge in [-0.1, -0.05) is 28.1 Å². The molecule has 1 saturated heterocycles. The standard InChI is InChI=1S/C24H23BrN4O3/c25-18-4-1-15(2-5-18)11-19-13-20(28-24(26)27-19)16-7-9-29(10-8-16)23(30)17-3-6-21-22(12-17)32-14-31-21/h1-6,12-13,16H,7-11,14H2,(H2,26,27,28). The molecule has 0 saturated carbocycles. The maximum Gasteiger partial charge on any atom is 0.253 e. The number of fused-ring (bicyclic) bond motifs is 1. The van der Waals surface area contributed by atoms with E-state index in [-0.39, 0.29) is 18.6 Å². The van der Waals surface area contributed by atoms with E-state index in [9.17, 15) is 4.79 Å². The highest BCUT2D eigenvalue weighted by Crippen LogP contribution is 2.34. The fourth-order valence-electron chi connectivity index (χ4n) is 4.24. The minimum absolute atomic E-state index is 0.0138. The van der Waals surface area contributed by atoms with Crippen molar-refractivity contribution in [1.29, 1.82) is 0 Å². The smallest absolute Gasteiger partial charge is 0.253 e. The molecule has 0 spiro atoms. The Morgan fingerprint density at radius 3 is 2.56 bits per heavy atom. The maximum absolute atomic E-state index is 13.0. The average molecular weight is 495 g/mol. The fraction of sp³-hybridized carbons (Fsp3) is 0.292. The number of ether oxygens (including phenoxy) is 2. The number of rotatable bonds is 4. The van der Waals surface area contributed by atoms with E-state index in [4.69, 9.17) is 15.2 Å². The highest BCUT2D eigenvalue weighted by Gasteiger charge is 2.27. The molecule has 0 atom stereocenters. The first-order valence-electron chi connectivity index (χ1n) is 10.6. The monoisotopic (exact) mass is 494 g/mol. The predicted octanol–water partition coefficient (Wildman–Crippen LogP) is 4.16. The molecule has 8 heteroatoms. The topological polar surface area (TPSA) is 90.6 Å². The van der Waals surface area contributed by atoms with Crippen LogP contribution >= 0.6 is 15.9 Å². The number of hydrogen-bond donors (Lipinski definition) is 1. The third kappa shape index (κ3) is 4.41. The molecule has 164 valence electrons. The van der Waals surface area contributed by atoms with Crippen molar-refractivity contribution in [3.05, 3.63) is 75.5 Å². The van der Waals surface area contributed by atoms with Gasteiger partial charge in [0.2, 0.25) is 12.7 Å². The van der Waals surface area contributed by atoms with Gasteiger partial charge >= 0.3 is 0 Å². The number of nitrogens with two attached hydrogens (primary N) is 1. The van der Waals surface area contributed by atoms with Gasteiger partial charge in [0.25, 0.3) is 5.91 Å². The van der Waals surface area contributed by atoms with Gasteiger partial charge in [-0.2, -0.15) is 0 Å². The zero-order valence-corrected chi connectivity index (χ0v) is 19.0. The van der Waals surface area contributed by atoms with E-state index in [0.29, 0.717) is 42.5 Å². The maximum atomic E-state index is 13.0. The summed E-state index contributed by atoms with van der Waals surface area (Å²) in [7, 11) is 0. The van der Waals surface area contributed by atoms with Crippen molar-refractivity contribution < 1.29 is 14.3 Å². The van der Waals surface area contributed by atoms with Gasteiger partial charge in [-0.3, -0.25) is 4.79 Å². The van der Waals surface area contributed by atoms with Crippen molar-refractivity contribution in [3.8, 4) is 11.5 Å². The van der Waals surface area contributed by atoms with Crippen LogP contribution in [0.1, 0.15) is 46.1 Å². The van der Waals surface area contributed by atoms with Gasteiger partial charge in [-0.05, 0) is 54.8 Å². The summed E-state index contributed by atoms with van der Waals surface area (Å²) < 4.78 is 11.8. The molecular weight excluding hydrogens is 472 g/mol. The molecule has 7 nitrogen and oxygen atoms in total. The van der Waals surface area contributed by atoms with Crippen LogP contribution in [0.5, 0.6) is 11.5 Å². The van der Waals surface area contributed by atoms with Crippen LogP contribution in [0.2, 0.25) is 0 Å². The number of nitrogen functional groups attached to an aromatic ring is 1. The van der Waals surface area contributed by atoms with Crippen molar-refractivity contribution in [2.24, 2.45) is 0 Å². The van der Waals surface area contributed by atoms with Crippen LogP contribution in [0, 0.1) is 0 Å². The molecule has 2 aromatic carbocycles. The normalized spacial score (nSPS) is 15.7. The van der Waals surface area contributed by atoms with E-state index in [1.807, 2.05) is 17.0 Å². The number of amides is 1. The number of carbonyl (C=O) groups excluding carboxylic acids is 1. The molecule has 1 aromatic heterocycles. The molecule has 5 rings (SSSR count). The average Bonchev–Trinajstić information content (AvgIpc) is 3.28. The highest BCUT2D eigenvalue weighted by molar-refractivity contribution is 9.10. The quantitative estimate of drug-likeness (QED) is 0.585. The lowest BCUT2D eigenvalue weighted by molar-refractivity contribution is 0.0711. The highest BCUT2D eigenvalue weighted by atomic mass is 79.9. The Morgan fingerprint density at radius 1 is 1.03 bits per heavy atom. The Bertz CT molecular complexity index is 1140. The molecule has 1 amide bonds. The number of halogens is 1. The van der Waals surface area contributed by atoms with Crippen LogP contribution in [0.15, 0.2) is 53.0 Å². The Morgan fingerprint density at radius 2 is 1.78 bits per heavy atom. The van der Waals surface area contributed by atoms with Crippen molar-refractivity contribution in [2.45, 2.75) is 25.2 Å². The zero-order valence-electron chi connectivity index (χ0n) is 17.5. The Labute approximate surface area is 194 Å². The van der Waals surface area contributed by atoms with Crippen LogP contribution < -0.4 is 15.2 Å². The Hall–Kier alpha value is -3.13. The van der Waals surface area contributed by atoms with Gasteiger partial charge in [0.15, 0.2) is 11.5 Å². The minimum Gasteiger partial charge on any atom is -0.454 e. The lowest BCUT2D eigenvalue weighted by atomic mass is 9.92. The number of likely N-dealkylation sites (tertiary alicyclic amines) is 1. The summed E-state index contributed by atoms with van der Waals surface area (Å²) in [4.78, 5) is 23.8. The molecule has 0 radical (unpaired) electrons. The van der Waals surface area contributed by atoms with Gasteiger partial charge in [0.1, 0.15) is 0 Å². The second kappa shape index (κ2) is 8.78. The summed E-state index contributed by atoms with van der Waals surface area (Å²) in [6, 6.07) is 15.6. The summed E-state index contributed by atoms with van der Waals surface area (Å²) in [5.74, 6) is 1.87. The lowest BCUT2D eigenvalue weighted by Gasteiger charge is -2.32. The van der Waals surface area contributed by atoms with Crippen LogP contribution in [0.25, 0.3) is 0 Å². The molecule has 3 aromatic rings. The molecule has 0 unspecified atom stereocenters. The number of hydrogen-bond acceptors (Lipinski definition) is 6. The van der Waals surface area contributed by atoms with Crippen LogP contribution in [-0.2, 0) is 6.42 Å². The number of nitrogens with zero attached hydrogens (tertiary/aromatic N) is 3. The summed E-state index contributed by atoms with van der Waals surface area (Å²) >= 11 is 3.46. The number of carbonyl (C=O) groups is 1. The number of piperidine rings is 1. The van der Waals surface area contributed by atoms with E-state index in [2.05, 4.69) is 44.1 Å². The predicted molar refractivity (Wildman–Crippen MR) is 124 cm³/mol. The SMILES string of the molecule is Nc1nc(Cc2ccc(Br)cc2)cc(C2CCN(C(=O)c3ccc4c(c3)OCO4)CC2)n1. The summed E-state index contributed by atoms with van der Waals surface area (Å²) in [6.07, 6.45) is 2.38. The minimum atomic E-state index is 0.0138. The number of anilines is 1. The molecule has 2 aliphatic heterocycles. The van der Waals surface area contributed by atoms with Crippen molar-refractivity contribution in [2.75, 3.05) is 25.6 Å². The second-order valence-corrected chi connectivity index (χ2v) is 9.00. The van der Waals surface area contributed by atoms with Gasteiger partial charge in [-0.15, -0.1) is 0 Å². The molecule has 0 aliphatic carbocycles. The molecule has 3 heterocycles. The fourth-order valence-corrected chi connectivity index (χ4v) is 4.51. The zero-order chi connectivity index (χ0) is 22.1. The number of aromatic nitrogens is 2. The lowest BCUT2D eigenvalue weighted by Crippen LogP contribution is -2.38. The third-order valence-corrected chi connectivity index (χ3v) is 6.46. The van der Waals surface area contributed by atoms with Gasteiger partial charge < -0.3 is 20.1 Å². The van der Waals surface area contributed by atoms with Gasteiger partial charge in [0, 0.05) is 41.2 Å². The van der Waals surface area contributed by atoms with E-state index >= 15 is 0 Å². The van der Waals surface area contributed by atoms with Gasteiger partial charge in [0.05, 0.1) is 5.69 Å². The molecule has 1 fully saturated rings. The summed E-state index contributed by atoms with van der Waals surface area (Å²) in [6.45, 7) is 1.54. The second-order valence-electron chi connectivity index (χ2n) is 8.08. The molecule has 32 heavy (non-hydrogen) atoms. The first kappa shape index (κ1) is 20.8. The van der Waals surface area contributed by atoms with E-state index < -0.39 is 0 Å². The molecular formula is C24H23BrN4O3. The van der Waals surface area contributed by atoms with Crippen LogP contribution in [0.4, 0.5) is 5.95 Å².